The van der Waals surface area contributed by atoms with Crippen LogP contribution in [0, 0.1) is 5.41 Å². The quantitative estimate of drug-likeness (QED) is 0.809. The molecule has 0 bridgehead atoms. The standard InChI is InChI=1S/C14H14N2O3S/c1-14(2,3)13-11-12(20(17,18)16-13)10(15-19-11)9-7-5-4-6-8-9/h4-8H,1-3H3. The zero-order chi connectivity index (χ0) is 14.5. The number of sulfonamides is 1. The van der Waals surface area contributed by atoms with Crippen molar-refractivity contribution >= 4 is 15.7 Å². The number of hydrogen-bond donors (Lipinski definition) is 0. The first-order chi connectivity index (χ1) is 9.31. The minimum absolute atomic E-state index is 0.0774. The maximum absolute atomic E-state index is 12.3. The molecule has 0 saturated heterocycles. The summed E-state index contributed by atoms with van der Waals surface area (Å²) in [5.41, 5.74) is 1.02. The molecule has 0 amide bonds. The maximum Gasteiger partial charge on any atom is 0.288 e. The van der Waals surface area contributed by atoms with Gasteiger partial charge in [-0.3, -0.25) is 0 Å². The van der Waals surface area contributed by atoms with Gasteiger partial charge in [-0.25, -0.2) is 0 Å². The first-order valence-corrected chi connectivity index (χ1v) is 7.65. The van der Waals surface area contributed by atoms with Gasteiger partial charge < -0.3 is 4.52 Å². The van der Waals surface area contributed by atoms with Crippen molar-refractivity contribution in [3.8, 4) is 11.3 Å². The van der Waals surface area contributed by atoms with Crippen molar-refractivity contribution in [1.29, 1.82) is 0 Å². The highest BCUT2D eigenvalue weighted by molar-refractivity contribution is 7.91. The zero-order valence-corrected chi connectivity index (χ0v) is 12.2. The summed E-state index contributed by atoms with van der Waals surface area (Å²) in [6, 6.07) is 9.09. The molecule has 0 fully saturated rings. The van der Waals surface area contributed by atoms with Crippen molar-refractivity contribution in [3.63, 3.8) is 0 Å². The molecular weight excluding hydrogens is 276 g/mol. The second-order valence-electron chi connectivity index (χ2n) is 5.72. The maximum atomic E-state index is 12.3. The van der Waals surface area contributed by atoms with Crippen LogP contribution in [0.2, 0.25) is 0 Å². The molecule has 1 aromatic heterocycles. The second-order valence-corrected chi connectivity index (χ2v) is 7.26. The van der Waals surface area contributed by atoms with Crippen molar-refractivity contribution in [3.05, 3.63) is 36.1 Å². The van der Waals surface area contributed by atoms with Crippen molar-refractivity contribution in [2.24, 2.45) is 9.81 Å². The van der Waals surface area contributed by atoms with Gasteiger partial charge in [0.25, 0.3) is 10.0 Å². The lowest BCUT2D eigenvalue weighted by molar-refractivity contribution is 0.406. The Labute approximate surface area is 117 Å². The van der Waals surface area contributed by atoms with Gasteiger partial charge in [0.1, 0.15) is 11.4 Å². The zero-order valence-electron chi connectivity index (χ0n) is 11.4. The van der Waals surface area contributed by atoms with Crippen LogP contribution in [-0.2, 0) is 10.0 Å². The topological polar surface area (TPSA) is 72.5 Å². The van der Waals surface area contributed by atoms with Crippen molar-refractivity contribution in [2.45, 2.75) is 25.7 Å². The molecule has 0 saturated carbocycles. The Morgan fingerprint density at radius 3 is 2.35 bits per heavy atom. The molecule has 2 heterocycles. The van der Waals surface area contributed by atoms with Crippen LogP contribution in [0.25, 0.3) is 11.3 Å². The normalized spacial score (nSPS) is 16.9. The highest BCUT2D eigenvalue weighted by Gasteiger charge is 2.42. The molecule has 6 heteroatoms. The number of fused-ring (bicyclic) bond motifs is 1. The Morgan fingerprint density at radius 1 is 1.10 bits per heavy atom. The molecule has 0 unspecified atom stereocenters. The molecule has 0 aliphatic carbocycles. The fraction of sp³-hybridized carbons (Fsp3) is 0.286. The van der Waals surface area contributed by atoms with Gasteiger partial charge in [-0.05, 0) is 0 Å². The van der Waals surface area contributed by atoms with E-state index < -0.39 is 15.4 Å². The third kappa shape index (κ3) is 1.87. The number of benzene rings is 1. The molecule has 1 aliphatic heterocycles. The van der Waals surface area contributed by atoms with Crippen molar-refractivity contribution in [2.75, 3.05) is 0 Å². The number of aromatic nitrogens is 1. The molecule has 1 aliphatic rings. The van der Waals surface area contributed by atoms with E-state index in [0.29, 0.717) is 17.0 Å². The predicted octanol–water partition coefficient (Wildman–Crippen LogP) is 2.88. The third-order valence-electron chi connectivity index (χ3n) is 3.09. The van der Waals surface area contributed by atoms with E-state index in [2.05, 4.69) is 9.55 Å². The fourth-order valence-electron chi connectivity index (χ4n) is 2.14. The summed E-state index contributed by atoms with van der Waals surface area (Å²) in [5.74, 6) is 0.261. The number of hydrogen-bond acceptors (Lipinski definition) is 4. The molecule has 20 heavy (non-hydrogen) atoms. The highest BCUT2D eigenvalue weighted by atomic mass is 32.2. The Bertz CT molecular complexity index is 797. The number of rotatable bonds is 1. The van der Waals surface area contributed by atoms with E-state index in [9.17, 15) is 8.42 Å². The molecular formula is C14H14N2O3S. The minimum atomic E-state index is -3.74. The average molecular weight is 290 g/mol. The molecule has 0 N–H and O–H groups in total. The Hall–Kier alpha value is -1.95. The van der Waals surface area contributed by atoms with E-state index in [0.717, 1.165) is 0 Å². The summed E-state index contributed by atoms with van der Waals surface area (Å²) < 4.78 is 33.7. The Balaban J connectivity index is 2.26. The van der Waals surface area contributed by atoms with Crippen LogP contribution in [0.1, 0.15) is 26.5 Å². The van der Waals surface area contributed by atoms with Crippen molar-refractivity contribution < 1.29 is 12.9 Å². The SMILES string of the molecule is CC(C)(C)C1=NS(=O)(=O)c2c(-c3ccccc3)noc21. The average Bonchev–Trinajstić information content (AvgIpc) is 2.90. The van der Waals surface area contributed by atoms with Gasteiger partial charge >= 0.3 is 0 Å². The van der Waals surface area contributed by atoms with Gasteiger partial charge in [-0.1, -0.05) is 56.3 Å². The van der Waals surface area contributed by atoms with Crippen LogP contribution in [0.4, 0.5) is 0 Å². The van der Waals surface area contributed by atoms with Crippen LogP contribution in [0.15, 0.2) is 44.1 Å². The van der Waals surface area contributed by atoms with Crippen LogP contribution in [-0.4, -0.2) is 19.3 Å². The third-order valence-corrected chi connectivity index (χ3v) is 4.41. The van der Waals surface area contributed by atoms with Crippen LogP contribution in [0.5, 0.6) is 0 Å². The molecule has 5 nitrogen and oxygen atoms in total. The lowest BCUT2D eigenvalue weighted by Crippen LogP contribution is -2.19. The van der Waals surface area contributed by atoms with Gasteiger partial charge in [0.2, 0.25) is 5.76 Å². The molecule has 1 aromatic carbocycles. The summed E-state index contributed by atoms with van der Waals surface area (Å²) in [5, 5.41) is 3.93. The van der Waals surface area contributed by atoms with Gasteiger partial charge in [0.05, 0.1) is 0 Å². The fourth-order valence-corrected chi connectivity index (χ4v) is 3.59. The van der Waals surface area contributed by atoms with Gasteiger partial charge in [0, 0.05) is 11.0 Å². The largest absolute Gasteiger partial charge is 0.353 e. The first-order valence-electron chi connectivity index (χ1n) is 6.21. The van der Waals surface area contributed by atoms with Crippen LogP contribution >= 0.6 is 0 Å². The van der Waals surface area contributed by atoms with Crippen molar-refractivity contribution in [1.82, 2.24) is 5.16 Å². The van der Waals surface area contributed by atoms with E-state index in [1.165, 1.54) is 0 Å². The van der Waals surface area contributed by atoms with E-state index in [1.807, 2.05) is 39.0 Å². The van der Waals surface area contributed by atoms with Gasteiger partial charge in [0.15, 0.2) is 4.90 Å². The van der Waals surface area contributed by atoms with Gasteiger partial charge in [-0.2, -0.15) is 12.8 Å². The summed E-state index contributed by atoms with van der Waals surface area (Å²) in [6.45, 7) is 5.67. The summed E-state index contributed by atoms with van der Waals surface area (Å²) >= 11 is 0. The number of nitrogens with zero attached hydrogens (tertiary/aromatic N) is 2. The summed E-state index contributed by atoms with van der Waals surface area (Å²) in [6.07, 6.45) is 0. The first kappa shape index (κ1) is 13.1. The van der Waals surface area contributed by atoms with E-state index in [1.54, 1.807) is 12.1 Å². The Kier molecular flexibility index (Phi) is 2.62. The molecule has 0 spiro atoms. The molecule has 104 valence electrons. The van der Waals surface area contributed by atoms with E-state index >= 15 is 0 Å². The highest BCUT2D eigenvalue weighted by Crippen LogP contribution is 2.39. The molecule has 2 aromatic rings. The van der Waals surface area contributed by atoms with Crippen LogP contribution in [0.3, 0.4) is 0 Å². The van der Waals surface area contributed by atoms with Gasteiger partial charge in [-0.15, -0.1) is 0 Å². The minimum Gasteiger partial charge on any atom is -0.353 e. The van der Waals surface area contributed by atoms with E-state index in [-0.39, 0.29) is 10.7 Å². The predicted molar refractivity (Wildman–Crippen MR) is 75.1 cm³/mol. The molecule has 3 rings (SSSR count). The van der Waals surface area contributed by atoms with Crippen LogP contribution < -0.4 is 0 Å². The lowest BCUT2D eigenvalue weighted by Gasteiger charge is -2.15. The summed E-state index contributed by atoms with van der Waals surface area (Å²) in [7, 11) is -3.74. The second kappa shape index (κ2) is 4.02. The molecule has 0 atom stereocenters. The lowest BCUT2D eigenvalue weighted by atomic mass is 9.88. The molecule has 0 radical (unpaired) electrons. The van der Waals surface area contributed by atoms with E-state index in [4.69, 9.17) is 4.52 Å². The smallest absolute Gasteiger partial charge is 0.288 e. The Morgan fingerprint density at radius 2 is 1.75 bits per heavy atom. The summed E-state index contributed by atoms with van der Waals surface area (Å²) in [4.78, 5) is 0.0774. The monoisotopic (exact) mass is 290 g/mol.